The molecule has 3 heterocycles. The highest BCUT2D eigenvalue weighted by atomic mass is 16.5. The average molecular weight is 321 g/mol. The van der Waals surface area contributed by atoms with E-state index in [0.29, 0.717) is 24.7 Å². The number of hydrogen-bond donors (Lipinski definition) is 2. The number of rotatable bonds is 2. The van der Waals surface area contributed by atoms with Gasteiger partial charge in [0.15, 0.2) is 11.6 Å². The highest BCUT2D eigenvalue weighted by Gasteiger charge is 2.26. The fourth-order valence-electron chi connectivity index (χ4n) is 2.56. The zero-order chi connectivity index (χ0) is 16.4. The molecule has 0 atom stereocenters. The van der Waals surface area contributed by atoms with Crippen LogP contribution >= 0.6 is 0 Å². The lowest BCUT2D eigenvalue weighted by atomic mass is 10.2. The number of hydrogen-bond acceptors (Lipinski definition) is 4. The summed E-state index contributed by atoms with van der Waals surface area (Å²) in [4.78, 5) is 18.8. The molecule has 1 aliphatic heterocycles. The third kappa shape index (κ3) is 2.67. The predicted octanol–water partition coefficient (Wildman–Crippen LogP) is 2.90. The number of fused-ring (bicyclic) bond motifs is 1. The van der Waals surface area contributed by atoms with Crippen molar-refractivity contribution < 1.29 is 9.53 Å². The van der Waals surface area contributed by atoms with E-state index >= 15 is 0 Å². The van der Waals surface area contributed by atoms with E-state index in [4.69, 9.17) is 4.74 Å². The van der Waals surface area contributed by atoms with Crippen molar-refractivity contribution in [2.24, 2.45) is 0 Å². The molecule has 0 saturated heterocycles. The van der Waals surface area contributed by atoms with Crippen molar-refractivity contribution in [2.75, 3.05) is 23.4 Å². The van der Waals surface area contributed by atoms with Crippen LogP contribution in [-0.2, 0) is 0 Å². The summed E-state index contributed by atoms with van der Waals surface area (Å²) in [5.41, 5.74) is 2.32. The van der Waals surface area contributed by atoms with Crippen LogP contribution in [-0.4, -0.2) is 34.4 Å². The van der Waals surface area contributed by atoms with Gasteiger partial charge >= 0.3 is 6.03 Å². The van der Waals surface area contributed by atoms with Gasteiger partial charge in [-0.1, -0.05) is 18.2 Å². The highest BCUT2D eigenvalue weighted by molar-refractivity contribution is 6.02. The number of pyridine rings is 1. The molecule has 0 unspecified atom stereocenters. The van der Waals surface area contributed by atoms with Crippen molar-refractivity contribution >= 4 is 17.5 Å². The molecule has 0 spiro atoms. The Morgan fingerprint density at radius 3 is 2.88 bits per heavy atom. The number of carbonyl (C=O) groups excluding carboxylic acids is 1. The number of urea groups is 1. The van der Waals surface area contributed by atoms with E-state index < -0.39 is 0 Å². The first kappa shape index (κ1) is 14.3. The number of aromatic nitrogens is 3. The predicted molar refractivity (Wildman–Crippen MR) is 90.1 cm³/mol. The molecule has 0 aliphatic carbocycles. The third-order valence-corrected chi connectivity index (χ3v) is 3.73. The van der Waals surface area contributed by atoms with Crippen molar-refractivity contribution in [1.29, 1.82) is 0 Å². The second-order valence-corrected chi connectivity index (χ2v) is 5.30. The number of amides is 2. The smallest absolute Gasteiger partial charge is 0.327 e. The maximum atomic E-state index is 12.6. The van der Waals surface area contributed by atoms with E-state index in [1.807, 2.05) is 42.5 Å². The molecule has 3 aromatic rings. The summed E-state index contributed by atoms with van der Waals surface area (Å²) in [6.07, 6.45) is 3.44. The molecule has 2 amide bonds. The van der Waals surface area contributed by atoms with Crippen LogP contribution in [0, 0.1) is 0 Å². The third-order valence-electron chi connectivity index (χ3n) is 3.73. The van der Waals surface area contributed by atoms with Gasteiger partial charge in [-0.05, 0) is 24.3 Å². The number of benzene rings is 1. The Morgan fingerprint density at radius 1 is 1.21 bits per heavy atom. The summed E-state index contributed by atoms with van der Waals surface area (Å²) in [6.45, 7) is 0.870. The quantitative estimate of drug-likeness (QED) is 0.760. The number of nitrogens with one attached hydrogen (secondary N) is 2. The zero-order valence-electron chi connectivity index (χ0n) is 12.8. The van der Waals surface area contributed by atoms with Crippen LogP contribution in [0.3, 0.4) is 0 Å². The molecule has 0 radical (unpaired) electrons. The number of carbonyl (C=O) groups is 1. The molecule has 2 aromatic heterocycles. The first-order valence-corrected chi connectivity index (χ1v) is 7.58. The van der Waals surface area contributed by atoms with Crippen molar-refractivity contribution in [1.82, 2.24) is 15.2 Å². The number of aromatic amines is 1. The van der Waals surface area contributed by atoms with E-state index in [1.165, 1.54) is 0 Å². The minimum atomic E-state index is -0.234. The Bertz CT molecular complexity index is 849. The maximum absolute atomic E-state index is 12.6. The first-order chi connectivity index (χ1) is 11.8. The monoisotopic (exact) mass is 321 g/mol. The molecule has 4 rings (SSSR count). The van der Waals surface area contributed by atoms with Crippen LogP contribution in [0.15, 0.2) is 54.9 Å². The minimum Gasteiger partial charge on any atom is -0.488 e. The number of anilines is 2. The molecule has 7 heteroatoms. The lowest BCUT2D eigenvalue weighted by Crippen LogP contribution is -2.41. The van der Waals surface area contributed by atoms with Gasteiger partial charge in [0.1, 0.15) is 6.61 Å². The fourth-order valence-corrected chi connectivity index (χ4v) is 2.56. The van der Waals surface area contributed by atoms with Crippen molar-refractivity contribution in [3.63, 3.8) is 0 Å². The number of nitrogens with zero attached hydrogens (tertiary/aromatic N) is 3. The topological polar surface area (TPSA) is 83.1 Å². The standard InChI is InChI=1S/C17H15N5O2/c23-17(20-13-4-2-1-3-5-13)22-8-9-24-15-7-6-14(21-16(15)22)12-10-18-19-11-12/h1-7,10-11H,8-9H2,(H,18,19)(H,20,23). The van der Waals surface area contributed by atoms with Crippen LogP contribution < -0.4 is 15.0 Å². The SMILES string of the molecule is O=C(Nc1ccccc1)N1CCOc2ccc(-c3cn[nH]c3)nc21. The summed E-state index contributed by atoms with van der Waals surface area (Å²) in [5, 5.41) is 9.57. The van der Waals surface area contributed by atoms with Gasteiger partial charge in [0.05, 0.1) is 18.4 Å². The molecule has 2 N–H and O–H groups in total. The van der Waals surface area contributed by atoms with Crippen LogP contribution in [0.25, 0.3) is 11.3 Å². The van der Waals surface area contributed by atoms with Crippen LogP contribution in [0.2, 0.25) is 0 Å². The Balaban J connectivity index is 1.64. The van der Waals surface area contributed by atoms with E-state index in [2.05, 4.69) is 20.5 Å². The minimum absolute atomic E-state index is 0.234. The molecule has 24 heavy (non-hydrogen) atoms. The molecule has 120 valence electrons. The van der Waals surface area contributed by atoms with Gasteiger partial charge in [-0.2, -0.15) is 5.10 Å². The van der Waals surface area contributed by atoms with Crippen LogP contribution in [0.4, 0.5) is 16.3 Å². The Hall–Kier alpha value is -3.35. The summed E-state index contributed by atoms with van der Waals surface area (Å²) in [5.74, 6) is 1.10. The van der Waals surface area contributed by atoms with E-state index in [-0.39, 0.29) is 6.03 Å². The zero-order valence-corrected chi connectivity index (χ0v) is 12.8. The second kappa shape index (κ2) is 6.04. The highest BCUT2D eigenvalue weighted by Crippen LogP contribution is 2.32. The average Bonchev–Trinajstić information content (AvgIpc) is 3.16. The molecule has 7 nitrogen and oxygen atoms in total. The van der Waals surface area contributed by atoms with E-state index in [1.54, 1.807) is 17.3 Å². The molecular formula is C17H15N5O2. The largest absolute Gasteiger partial charge is 0.488 e. The molecule has 0 bridgehead atoms. The van der Waals surface area contributed by atoms with E-state index in [9.17, 15) is 4.79 Å². The van der Waals surface area contributed by atoms with Gasteiger partial charge in [0, 0.05) is 17.4 Å². The lowest BCUT2D eigenvalue weighted by Gasteiger charge is -2.28. The molecule has 1 aromatic carbocycles. The second-order valence-electron chi connectivity index (χ2n) is 5.30. The van der Waals surface area contributed by atoms with Crippen LogP contribution in [0.5, 0.6) is 5.75 Å². The van der Waals surface area contributed by atoms with Crippen molar-refractivity contribution in [2.45, 2.75) is 0 Å². The van der Waals surface area contributed by atoms with Crippen molar-refractivity contribution in [3.05, 3.63) is 54.9 Å². The van der Waals surface area contributed by atoms with Crippen LogP contribution in [0.1, 0.15) is 0 Å². The van der Waals surface area contributed by atoms with Gasteiger partial charge in [-0.3, -0.25) is 10.00 Å². The Kier molecular flexibility index (Phi) is 3.59. The Labute approximate surface area is 138 Å². The fraction of sp³-hybridized carbons (Fsp3) is 0.118. The Morgan fingerprint density at radius 2 is 2.08 bits per heavy atom. The maximum Gasteiger partial charge on any atom is 0.327 e. The molecule has 0 saturated carbocycles. The van der Waals surface area contributed by atoms with Gasteiger partial charge < -0.3 is 10.1 Å². The normalized spacial score (nSPS) is 13.1. The van der Waals surface area contributed by atoms with E-state index in [0.717, 1.165) is 16.9 Å². The molecular weight excluding hydrogens is 306 g/mol. The molecule has 1 aliphatic rings. The van der Waals surface area contributed by atoms with Gasteiger partial charge in [0.2, 0.25) is 0 Å². The molecule has 0 fully saturated rings. The summed E-state index contributed by atoms with van der Waals surface area (Å²) < 4.78 is 5.62. The number of ether oxygens (including phenoxy) is 1. The van der Waals surface area contributed by atoms with Gasteiger partial charge in [-0.15, -0.1) is 0 Å². The summed E-state index contributed by atoms with van der Waals surface area (Å²) in [6, 6.07) is 12.8. The lowest BCUT2D eigenvalue weighted by molar-refractivity contribution is 0.249. The first-order valence-electron chi connectivity index (χ1n) is 7.58. The number of H-pyrrole nitrogens is 1. The van der Waals surface area contributed by atoms with Gasteiger partial charge in [-0.25, -0.2) is 9.78 Å². The van der Waals surface area contributed by atoms with Crippen molar-refractivity contribution in [3.8, 4) is 17.0 Å². The number of para-hydroxylation sites is 1. The summed E-state index contributed by atoms with van der Waals surface area (Å²) >= 11 is 0. The summed E-state index contributed by atoms with van der Waals surface area (Å²) in [7, 11) is 0. The van der Waals surface area contributed by atoms with Gasteiger partial charge in [0.25, 0.3) is 0 Å².